The van der Waals surface area contributed by atoms with E-state index < -0.39 is 0 Å². The molecule has 0 amide bonds. The van der Waals surface area contributed by atoms with E-state index >= 15 is 0 Å². The number of hydrogen-bond donors (Lipinski definition) is 0. The Morgan fingerprint density at radius 3 is 1.33 bits per heavy atom. The molecule has 7 heteroatoms. The Hall–Kier alpha value is -3.26. The first-order valence-electron chi connectivity index (χ1n) is 10.5. The molecule has 3 heterocycles. The van der Waals surface area contributed by atoms with E-state index in [0.717, 1.165) is 27.9 Å². The lowest BCUT2D eigenvalue weighted by Crippen LogP contribution is -2.17. The highest BCUT2D eigenvalue weighted by molar-refractivity contribution is 8.00. The lowest BCUT2D eigenvalue weighted by atomic mass is 10.2. The van der Waals surface area contributed by atoms with Gasteiger partial charge < -0.3 is 0 Å². The molecule has 5 aromatic rings. The number of anilines is 6. The monoisotopic (exact) mass is 480 g/mol. The van der Waals surface area contributed by atoms with Crippen LogP contribution in [0.25, 0.3) is 0 Å². The summed E-state index contributed by atoms with van der Waals surface area (Å²) in [5.74, 6) is 0.698. The summed E-state index contributed by atoms with van der Waals surface area (Å²) in [6, 6.07) is 33.9. The van der Waals surface area contributed by atoms with Crippen LogP contribution in [0.5, 0.6) is 0 Å². The van der Waals surface area contributed by atoms with Gasteiger partial charge in [-0.3, -0.25) is 9.80 Å². The quantitative estimate of drug-likeness (QED) is 0.247. The number of aromatic nitrogens is 2. The zero-order chi connectivity index (χ0) is 21.8. The Balaban J connectivity index is 1.39. The third-order valence-corrected chi connectivity index (χ3v) is 8.61. The molecule has 158 valence electrons. The molecule has 0 unspecified atom stereocenters. The Morgan fingerprint density at radius 1 is 0.485 bits per heavy atom. The fraction of sp³-hybridized carbons (Fsp3) is 0. The summed E-state index contributed by atoms with van der Waals surface area (Å²) in [5, 5.41) is 0.860. The minimum atomic E-state index is 0.698. The van der Waals surface area contributed by atoms with Crippen molar-refractivity contribution in [1.82, 2.24) is 9.36 Å². The minimum absolute atomic E-state index is 0.698. The second-order valence-corrected chi connectivity index (χ2v) is 10.5. The molecular formula is C26H16N4S3. The molecule has 2 aliphatic rings. The number of fused-ring (bicyclic) bond motifs is 4. The molecule has 4 nitrogen and oxygen atoms in total. The van der Waals surface area contributed by atoms with Gasteiger partial charge in [-0.15, -0.1) is 0 Å². The first kappa shape index (κ1) is 19.2. The summed E-state index contributed by atoms with van der Waals surface area (Å²) in [7, 11) is 0. The van der Waals surface area contributed by atoms with Crippen LogP contribution in [0.2, 0.25) is 0 Å². The maximum Gasteiger partial charge on any atom is 0.248 e. The fourth-order valence-corrected chi connectivity index (χ4v) is 7.02. The van der Waals surface area contributed by atoms with Crippen molar-refractivity contribution in [3.8, 4) is 0 Å². The van der Waals surface area contributed by atoms with Gasteiger partial charge in [0.1, 0.15) is 0 Å². The third-order valence-electron chi connectivity index (χ3n) is 5.66. The molecule has 0 radical (unpaired) electrons. The van der Waals surface area contributed by atoms with E-state index in [-0.39, 0.29) is 0 Å². The van der Waals surface area contributed by atoms with Crippen molar-refractivity contribution in [3.63, 3.8) is 0 Å². The second kappa shape index (κ2) is 7.66. The van der Waals surface area contributed by atoms with Gasteiger partial charge in [0, 0.05) is 31.1 Å². The Morgan fingerprint density at radius 2 is 0.879 bits per heavy atom. The Labute approximate surface area is 204 Å². The molecule has 0 spiro atoms. The molecule has 0 fully saturated rings. The predicted octanol–water partition coefficient (Wildman–Crippen LogP) is 8.41. The first-order valence-corrected chi connectivity index (χ1v) is 12.9. The van der Waals surface area contributed by atoms with Gasteiger partial charge in [-0.25, -0.2) is 0 Å². The van der Waals surface area contributed by atoms with E-state index in [1.165, 1.54) is 31.1 Å². The third kappa shape index (κ3) is 3.08. The summed E-state index contributed by atoms with van der Waals surface area (Å²) < 4.78 is 4.86. The molecule has 4 aromatic carbocycles. The van der Waals surface area contributed by atoms with E-state index in [1.807, 2.05) is 0 Å². The molecule has 0 atom stereocenters. The van der Waals surface area contributed by atoms with Crippen LogP contribution >= 0.6 is 35.1 Å². The van der Waals surface area contributed by atoms with Crippen molar-refractivity contribution in [3.05, 3.63) is 97.1 Å². The van der Waals surface area contributed by atoms with Crippen LogP contribution in [0.4, 0.5) is 33.8 Å². The molecule has 0 bridgehead atoms. The molecule has 0 saturated heterocycles. The van der Waals surface area contributed by atoms with E-state index in [4.69, 9.17) is 9.36 Å². The average molecular weight is 481 g/mol. The van der Waals surface area contributed by atoms with Crippen LogP contribution in [0, 0.1) is 0 Å². The summed E-state index contributed by atoms with van der Waals surface area (Å²) >= 11 is 5.02. The van der Waals surface area contributed by atoms with Gasteiger partial charge in [0.25, 0.3) is 0 Å². The smallest absolute Gasteiger partial charge is 0.248 e. The van der Waals surface area contributed by atoms with Gasteiger partial charge in [0.15, 0.2) is 0 Å². The van der Waals surface area contributed by atoms with E-state index in [0.29, 0.717) is 5.95 Å². The number of para-hydroxylation sites is 4. The maximum atomic E-state index is 5.09. The molecule has 2 aliphatic heterocycles. The van der Waals surface area contributed by atoms with Crippen LogP contribution in [-0.2, 0) is 0 Å². The molecule has 7 rings (SSSR count). The van der Waals surface area contributed by atoms with Gasteiger partial charge in [0.2, 0.25) is 11.1 Å². The van der Waals surface area contributed by atoms with Crippen molar-refractivity contribution < 1.29 is 0 Å². The largest absolute Gasteiger partial charge is 0.283 e. The van der Waals surface area contributed by atoms with Crippen molar-refractivity contribution in [1.29, 1.82) is 0 Å². The SMILES string of the molecule is c1ccc2c(c1)Sc1ccccc1N2c1nsc(N2c3ccccc3Sc3ccccc32)n1. The van der Waals surface area contributed by atoms with Gasteiger partial charge in [-0.05, 0) is 48.5 Å². The Bertz CT molecular complexity index is 1310. The van der Waals surface area contributed by atoms with Crippen LogP contribution < -0.4 is 9.80 Å². The van der Waals surface area contributed by atoms with E-state index in [9.17, 15) is 0 Å². The zero-order valence-corrected chi connectivity index (χ0v) is 19.7. The van der Waals surface area contributed by atoms with Crippen molar-refractivity contribution in [2.45, 2.75) is 19.6 Å². The Kier molecular flexibility index (Phi) is 4.46. The number of nitrogens with zero attached hydrogens (tertiary/aromatic N) is 4. The molecule has 1 aromatic heterocycles. The molecule has 0 saturated carbocycles. The summed E-state index contributed by atoms with van der Waals surface area (Å²) in [4.78, 5) is 14.4. The average Bonchev–Trinajstić information content (AvgIpc) is 3.35. The summed E-state index contributed by atoms with van der Waals surface area (Å²) in [6.07, 6.45) is 0. The van der Waals surface area contributed by atoms with Crippen LogP contribution in [0.3, 0.4) is 0 Å². The van der Waals surface area contributed by atoms with E-state index in [2.05, 4.69) is 107 Å². The van der Waals surface area contributed by atoms with Crippen molar-refractivity contribution in [2.75, 3.05) is 9.80 Å². The normalized spacial score (nSPS) is 13.7. The highest BCUT2D eigenvalue weighted by Crippen LogP contribution is 2.54. The first-order chi connectivity index (χ1) is 16.4. The van der Waals surface area contributed by atoms with Gasteiger partial charge >= 0.3 is 0 Å². The number of hydrogen-bond acceptors (Lipinski definition) is 7. The van der Waals surface area contributed by atoms with Crippen LogP contribution in [0.15, 0.2) is 117 Å². The summed E-state index contributed by atoms with van der Waals surface area (Å²) in [5.41, 5.74) is 4.50. The lowest BCUT2D eigenvalue weighted by Gasteiger charge is -2.31. The lowest BCUT2D eigenvalue weighted by molar-refractivity contribution is 1.08. The molecule has 0 N–H and O–H groups in total. The summed E-state index contributed by atoms with van der Waals surface area (Å²) in [6.45, 7) is 0. The topological polar surface area (TPSA) is 32.3 Å². The zero-order valence-electron chi connectivity index (χ0n) is 17.3. The number of benzene rings is 4. The van der Waals surface area contributed by atoms with Crippen molar-refractivity contribution in [2.24, 2.45) is 0 Å². The van der Waals surface area contributed by atoms with Gasteiger partial charge in [-0.2, -0.15) is 9.36 Å². The minimum Gasteiger partial charge on any atom is -0.283 e. The molecular weight excluding hydrogens is 465 g/mol. The highest BCUT2D eigenvalue weighted by Gasteiger charge is 2.30. The second-order valence-electron chi connectivity index (χ2n) is 7.62. The highest BCUT2D eigenvalue weighted by atomic mass is 32.2. The number of rotatable bonds is 2. The van der Waals surface area contributed by atoms with Crippen LogP contribution in [0.1, 0.15) is 0 Å². The molecule has 33 heavy (non-hydrogen) atoms. The van der Waals surface area contributed by atoms with Crippen LogP contribution in [-0.4, -0.2) is 9.36 Å². The van der Waals surface area contributed by atoms with Gasteiger partial charge in [-0.1, -0.05) is 72.1 Å². The fourth-order valence-electron chi connectivity index (χ4n) is 4.22. The van der Waals surface area contributed by atoms with E-state index in [1.54, 1.807) is 23.5 Å². The molecule has 0 aliphatic carbocycles. The van der Waals surface area contributed by atoms with Crippen molar-refractivity contribution >= 4 is 68.9 Å². The standard InChI is InChI=1S/C26H16N4S3/c1-5-13-21-17(9-1)29(18-10-2-6-14-22(18)31-21)25-27-26(33-28-25)30-19-11-3-7-15-23(19)32-24-16-8-4-12-20(24)30/h1-16H. The predicted molar refractivity (Wildman–Crippen MR) is 138 cm³/mol. The van der Waals surface area contributed by atoms with Gasteiger partial charge in [0.05, 0.1) is 22.7 Å². The maximum absolute atomic E-state index is 5.09.